The summed E-state index contributed by atoms with van der Waals surface area (Å²) in [4.78, 5) is 37.3. The van der Waals surface area contributed by atoms with Crippen LogP contribution in [0.1, 0.15) is 23.1 Å². The van der Waals surface area contributed by atoms with Crippen molar-refractivity contribution in [3.63, 3.8) is 0 Å². The van der Waals surface area contributed by atoms with Crippen LogP contribution in [0, 0.1) is 19.8 Å². The van der Waals surface area contributed by atoms with Gasteiger partial charge in [0.1, 0.15) is 5.75 Å². The molecule has 1 aliphatic rings. The number of carboxylic acids is 1. The number of nitrogens with one attached hydrogen (secondary N) is 1. The van der Waals surface area contributed by atoms with E-state index in [1.165, 1.54) is 0 Å². The molecule has 152 valence electrons. The number of hydrogen-bond donors (Lipinski definition) is 2. The largest absolute Gasteiger partial charge is 0.482 e. The van der Waals surface area contributed by atoms with E-state index >= 15 is 0 Å². The lowest BCUT2D eigenvalue weighted by molar-refractivity contribution is -0.139. The lowest BCUT2D eigenvalue weighted by atomic mass is 10.1. The quantitative estimate of drug-likeness (QED) is 0.750. The van der Waals surface area contributed by atoms with Crippen molar-refractivity contribution in [3.05, 3.63) is 59.2 Å². The van der Waals surface area contributed by atoms with Gasteiger partial charge in [-0.05, 0) is 43.2 Å². The van der Waals surface area contributed by atoms with Crippen LogP contribution < -0.4 is 10.1 Å². The van der Waals surface area contributed by atoms with Crippen LogP contribution in [0.4, 0.5) is 5.69 Å². The third-order valence-electron chi connectivity index (χ3n) is 4.90. The molecule has 3 rings (SSSR count). The van der Waals surface area contributed by atoms with Crippen molar-refractivity contribution in [2.75, 3.05) is 18.5 Å². The highest BCUT2D eigenvalue weighted by Crippen LogP contribution is 2.25. The van der Waals surface area contributed by atoms with Crippen LogP contribution in [-0.2, 0) is 20.9 Å². The maximum atomic E-state index is 12.7. The Balaban J connectivity index is 1.59. The predicted molar refractivity (Wildman–Crippen MR) is 108 cm³/mol. The molecule has 0 aromatic heterocycles. The summed E-state index contributed by atoms with van der Waals surface area (Å²) in [6.07, 6.45) is 0.191. The average molecular weight is 396 g/mol. The standard InChI is InChI=1S/C22H24N2O5/c1-14-3-5-16(6-4-14)11-24-12-17(10-20(24)25)22(28)23-19-8-7-18(9-15(19)2)29-13-21(26)27/h3-9,17H,10-13H2,1-2H3,(H,23,28)(H,26,27). The predicted octanol–water partition coefficient (Wildman–Crippen LogP) is 2.75. The van der Waals surface area contributed by atoms with Crippen molar-refractivity contribution in [2.45, 2.75) is 26.8 Å². The second-order valence-electron chi connectivity index (χ2n) is 7.31. The summed E-state index contributed by atoms with van der Waals surface area (Å²) in [6, 6.07) is 12.9. The second-order valence-corrected chi connectivity index (χ2v) is 7.31. The maximum absolute atomic E-state index is 12.7. The summed E-state index contributed by atoms with van der Waals surface area (Å²) >= 11 is 0. The van der Waals surface area contributed by atoms with Crippen LogP contribution >= 0.6 is 0 Å². The van der Waals surface area contributed by atoms with Gasteiger partial charge in [-0.3, -0.25) is 9.59 Å². The molecular formula is C22H24N2O5. The minimum absolute atomic E-state index is 0.0279. The molecule has 1 heterocycles. The average Bonchev–Trinajstić information content (AvgIpc) is 3.04. The van der Waals surface area contributed by atoms with Gasteiger partial charge in [-0.25, -0.2) is 4.79 Å². The molecule has 0 radical (unpaired) electrons. The number of anilines is 1. The number of nitrogens with zero attached hydrogens (tertiary/aromatic N) is 1. The van der Waals surface area contributed by atoms with Gasteiger partial charge in [0.15, 0.2) is 6.61 Å². The Labute approximate surface area is 169 Å². The molecule has 1 saturated heterocycles. The molecule has 0 bridgehead atoms. The molecule has 0 aliphatic carbocycles. The fourth-order valence-corrected chi connectivity index (χ4v) is 3.26. The van der Waals surface area contributed by atoms with Crippen molar-refractivity contribution in [3.8, 4) is 5.75 Å². The van der Waals surface area contributed by atoms with E-state index < -0.39 is 18.5 Å². The summed E-state index contributed by atoms with van der Waals surface area (Å²) in [5.41, 5.74) is 3.57. The third-order valence-corrected chi connectivity index (χ3v) is 4.90. The second kappa shape index (κ2) is 8.77. The number of benzene rings is 2. The van der Waals surface area contributed by atoms with E-state index in [-0.39, 0.29) is 18.2 Å². The van der Waals surface area contributed by atoms with Gasteiger partial charge in [0.2, 0.25) is 11.8 Å². The number of aryl methyl sites for hydroxylation is 2. The molecule has 1 unspecified atom stereocenters. The van der Waals surface area contributed by atoms with Gasteiger partial charge in [-0.15, -0.1) is 0 Å². The van der Waals surface area contributed by atoms with Crippen LogP contribution in [0.3, 0.4) is 0 Å². The first kappa shape index (κ1) is 20.4. The number of carbonyl (C=O) groups excluding carboxylic acids is 2. The lowest BCUT2D eigenvalue weighted by Gasteiger charge is -2.17. The molecule has 29 heavy (non-hydrogen) atoms. The number of rotatable bonds is 7. The molecule has 7 nitrogen and oxygen atoms in total. The SMILES string of the molecule is Cc1ccc(CN2CC(C(=O)Nc3ccc(OCC(=O)O)cc3C)CC2=O)cc1. The lowest BCUT2D eigenvalue weighted by Crippen LogP contribution is -2.28. The van der Waals surface area contributed by atoms with Crippen molar-refractivity contribution in [1.29, 1.82) is 0 Å². The van der Waals surface area contributed by atoms with E-state index in [4.69, 9.17) is 9.84 Å². The van der Waals surface area contributed by atoms with Gasteiger partial charge in [-0.2, -0.15) is 0 Å². The molecule has 2 aromatic carbocycles. The minimum atomic E-state index is -1.05. The highest BCUT2D eigenvalue weighted by atomic mass is 16.5. The monoisotopic (exact) mass is 396 g/mol. The minimum Gasteiger partial charge on any atom is -0.482 e. The number of ether oxygens (including phenoxy) is 1. The van der Waals surface area contributed by atoms with Crippen molar-refractivity contribution < 1.29 is 24.2 Å². The van der Waals surface area contributed by atoms with Crippen LogP contribution in [0.5, 0.6) is 5.75 Å². The van der Waals surface area contributed by atoms with Crippen molar-refractivity contribution >= 4 is 23.5 Å². The van der Waals surface area contributed by atoms with Crippen molar-refractivity contribution in [1.82, 2.24) is 4.90 Å². The Morgan fingerprint density at radius 2 is 1.90 bits per heavy atom. The van der Waals surface area contributed by atoms with Crippen LogP contribution in [0.15, 0.2) is 42.5 Å². The van der Waals surface area contributed by atoms with Gasteiger partial charge < -0.3 is 20.1 Å². The first-order valence-corrected chi connectivity index (χ1v) is 9.41. The zero-order valence-electron chi connectivity index (χ0n) is 16.5. The molecular weight excluding hydrogens is 372 g/mol. The van der Waals surface area contributed by atoms with Gasteiger partial charge in [-0.1, -0.05) is 29.8 Å². The van der Waals surface area contributed by atoms with Crippen molar-refractivity contribution in [2.24, 2.45) is 5.92 Å². The fraction of sp³-hybridized carbons (Fsp3) is 0.318. The van der Waals surface area contributed by atoms with Crippen LogP contribution in [-0.4, -0.2) is 40.9 Å². The first-order chi connectivity index (χ1) is 13.8. The molecule has 1 aliphatic heterocycles. The van der Waals surface area contributed by atoms with E-state index in [1.807, 2.05) is 31.2 Å². The van der Waals surface area contributed by atoms with Gasteiger partial charge >= 0.3 is 5.97 Å². The Hall–Kier alpha value is -3.35. The molecule has 1 atom stereocenters. The zero-order chi connectivity index (χ0) is 21.0. The molecule has 2 N–H and O–H groups in total. The smallest absolute Gasteiger partial charge is 0.341 e. The summed E-state index contributed by atoms with van der Waals surface area (Å²) in [6.45, 7) is 4.27. The number of carboxylic acid groups (broad SMARTS) is 1. The van der Waals surface area contributed by atoms with E-state index in [2.05, 4.69) is 5.32 Å². The highest BCUT2D eigenvalue weighted by Gasteiger charge is 2.34. The Bertz CT molecular complexity index is 923. The fourth-order valence-electron chi connectivity index (χ4n) is 3.26. The maximum Gasteiger partial charge on any atom is 0.341 e. The normalized spacial score (nSPS) is 16.0. The van der Waals surface area contributed by atoms with E-state index in [0.29, 0.717) is 24.5 Å². The number of amides is 2. The van der Waals surface area contributed by atoms with E-state index in [0.717, 1.165) is 16.7 Å². The molecule has 1 fully saturated rings. The number of likely N-dealkylation sites (tertiary alicyclic amines) is 1. The molecule has 7 heteroatoms. The van der Waals surface area contributed by atoms with Crippen LogP contribution in [0.25, 0.3) is 0 Å². The number of aliphatic carboxylic acids is 1. The molecule has 2 aromatic rings. The first-order valence-electron chi connectivity index (χ1n) is 9.41. The van der Waals surface area contributed by atoms with Gasteiger partial charge in [0.05, 0.1) is 5.92 Å². The molecule has 0 saturated carbocycles. The molecule has 2 amide bonds. The Kier molecular flexibility index (Phi) is 6.16. The third kappa shape index (κ3) is 5.34. The summed E-state index contributed by atoms with van der Waals surface area (Å²) in [5.74, 6) is -1.27. The van der Waals surface area contributed by atoms with Gasteiger partial charge in [0, 0.05) is 25.2 Å². The Morgan fingerprint density at radius 3 is 2.55 bits per heavy atom. The zero-order valence-corrected chi connectivity index (χ0v) is 16.5. The topological polar surface area (TPSA) is 95.9 Å². The van der Waals surface area contributed by atoms with E-state index in [9.17, 15) is 14.4 Å². The van der Waals surface area contributed by atoms with Gasteiger partial charge in [0.25, 0.3) is 0 Å². The molecule has 0 spiro atoms. The summed E-state index contributed by atoms with van der Waals surface area (Å²) in [5, 5.41) is 11.5. The number of hydrogen-bond acceptors (Lipinski definition) is 4. The highest BCUT2D eigenvalue weighted by molar-refractivity contribution is 5.97. The summed E-state index contributed by atoms with van der Waals surface area (Å²) < 4.78 is 5.14. The van der Waals surface area contributed by atoms with Crippen LogP contribution in [0.2, 0.25) is 0 Å². The number of carbonyl (C=O) groups is 3. The summed E-state index contributed by atoms with van der Waals surface area (Å²) in [7, 11) is 0. The van der Waals surface area contributed by atoms with E-state index in [1.54, 1.807) is 30.0 Å². The Morgan fingerprint density at radius 1 is 1.17 bits per heavy atom.